The van der Waals surface area contributed by atoms with Crippen molar-refractivity contribution in [1.82, 2.24) is 0 Å². The molecule has 0 aliphatic heterocycles. The van der Waals surface area contributed by atoms with Crippen molar-refractivity contribution < 1.29 is 10.2 Å². The molecule has 0 aliphatic rings. The molecule has 3 heteroatoms. The third-order valence-corrected chi connectivity index (χ3v) is 1.30. The summed E-state index contributed by atoms with van der Waals surface area (Å²) in [7, 11) is 0. The quantitative estimate of drug-likeness (QED) is 0.485. The van der Waals surface area contributed by atoms with Crippen molar-refractivity contribution in [3.63, 3.8) is 0 Å². The molecule has 2 N–H and O–H groups in total. The molecule has 0 atom stereocenters. The van der Waals surface area contributed by atoms with Gasteiger partial charge < -0.3 is 0 Å². The summed E-state index contributed by atoms with van der Waals surface area (Å²) in [4.78, 5) is 3.76. The highest BCUT2D eigenvalue weighted by Crippen LogP contribution is 2.11. The Bertz CT molecular complexity index is 213. The van der Waals surface area contributed by atoms with E-state index in [9.17, 15) is 0 Å². The second kappa shape index (κ2) is 3.20. The van der Waals surface area contributed by atoms with Crippen molar-refractivity contribution in [3.8, 4) is 0 Å². The van der Waals surface area contributed by atoms with Crippen molar-refractivity contribution in [2.24, 2.45) is 0 Å². The first-order valence-corrected chi connectivity index (χ1v) is 2.96. The van der Waals surface area contributed by atoms with Gasteiger partial charge in [-0.05, 0) is 18.6 Å². The maximum atomic E-state index is 8.03. The van der Waals surface area contributed by atoms with E-state index in [1.165, 1.54) is 0 Å². The molecule has 1 aromatic carbocycles. The maximum absolute atomic E-state index is 8.03. The molecular weight excluding hydrogens is 130 g/mol. The van der Waals surface area contributed by atoms with Crippen LogP contribution >= 0.6 is 0 Å². The molecule has 0 saturated heterocycles. The van der Waals surface area contributed by atoms with Crippen LogP contribution in [0.4, 0.5) is 5.69 Å². The van der Waals surface area contributed by atoms with Gasteiger partial charge in [-0.1, -0.05) is 18.2 Å². The summed E-state index contributed by atoms with van der Waals surface area (Å²) in [5, 5.41) is 8.03. The van der Waals surface area contributed by atoms with E-state index in [1.807, 2.05) is 31.2 Å². The molecule has 1 rings (SSSR count). The molecule has 0 aromatic heterocycles. The van der Waals surface area contributed by atoms with Gasteiger partial charge in [0, 0.05) is 0 Å². The zero-order valence-electron chi connectivity index (χ0n) is 5.66. The second-order valence-electron chi connectivity index (χ2n) is 2.01. The summed E-state index contributed by atoms with van der Waals surface area (Å²) in [6.45, 7) is 1.92. The van der Waals surface area contributed by atoms with Gasteiger partial charge in [-0.25, -0.2) is 10.7 Å². The smallest absolute Gasteiger partial charge is 0.0663 e. The number of hydrogen-bond donors (Lipinski definition) is 2. The molecule has 0 heterocycles. The van der Waals surface area contributed by atoms with Crippen LogP contribution in [0.3, 0.4) is 0 Å². The summed E-state index contributed by atoms with van der Waals surface area (Å²) < 4.78 is 0. The first-order chi connectivity index (χ1) is 4.84. The molecule has 0 aliphatic carbocycles. The minimum atomic E-state index is 0.769. The molecule has 0 unspecified atom stereocenters. The fraction of sp³-hybridized carbons (Fsp3) is 0.143. The van der Waals surface area contributed by atoms with Gasteiger partial charge in [0.25, 0.3) is 0 Å². The van der Waals surface area contributed by atoms with Crippen molar-refractivity contribution in [1.29, 1.82) is 0 Å². The molecule has 3 nitrogen and oxygen atoms in total. The molecule has 1 aromatic rings. The number of anilines is 1. The average Bonchev–Trinajstić information content (AvgIpc) is 1.94. The largest absolute Gasteiger partial charge is 0.235 e. The molecule has 0 saturated carbocycles. The predicted molar refractivity (Wildman–Crippen MR) is 38.5 cm³/mol. The zero-order chi connectivity index (χ0) is 7.40. The van der Waals surface area contributed by atoms with E-state index in [2.05, 4.69) is 10.5 Å². The Balaban J connectivity index is 2.81. The van der Waals surface area contributed by atoms with E-state index < -0.39 is 0 Å². The first kappa shape index (κ1) is 7.05. The van der Waals surface area contributed by atoms with Crippen molar-refractivity contribution in [2.45, 2.75) is 6.92 Å². The second-order valence-corrected chi connectivity index (χ2v) is 2.01. The molecule has 0 spiro atoms. The lowest BCUT2D eigenvalue weighted by Gasteiger charge is -2.02. The molecule has 0 fully saturated rings. The van der Waals surface area contributed by atoms with Crippen LogP contribution in [0.2, 0.25) is 0 Å². The van der Waals surface area contributed by atoms with Gasteiger partial charge in [-0.2, -0.15) is 0 Å². The summed E-state index contributed by atoms with van der Waals surface area (Å²) in [5.74, 6) is 0. The molecule has 54 valence electrons. The zero-order valence-corrected chi connectivity index (χ0v) is 5.66. The van der Waals surface area contributed by atoms with Gasteiger partial charge in [0.1, 0.15) is 0 Å². The van der Waals surface area contributed by atoms with E-state index in [0.29, 0.717) is 0 Å². The highest BCUT2D eigenvalue weighted by molar-refractivity contribution is 5.48. The van der Waals surface area contributed by atoms with Gasteiger partial charge in [-0.3, -0.25) is 0 Å². The first-order valence-electron chi connectivity index (χ1n) is 2.96. The lowest BCUT2D eigenvalue weighted by molar-refractivity contribution is -0.215. The number of hydrogen-bond acceptors (Lipinski definition) is 3. The monoisotopic (exact) mass is 139 g/mol. The maximum Gasteiger partial charge on any atom is 0.0663 e. The molecule has 10 heavy (non-hydrogen) atoms. The van der Waals surface area contributed by atoms with Crippen LogP contribution in [-0.4, -0.2) is 5.26 Å². The van der Waals surface area contributed by atoms with Crippen molar-refractivity contribution >= 4 is 5.69 Å². The van der Waals surface area contributed by atoms with Crippen LogP contribution in [0.25, 0.3) is 0 Å². The van der Waals surface area contributed by atoms with E-state index in [4.69, 9.17) is 5.26 Å². The number of benzene rings is 1. The minimum Gasteiger partial charge on any atom is -0.235 e. The Labute approximate surface area is 59.1 Å². The Morgan fingerprint density at radius 1 is 1.40 bits per heavy atom. The number of rotatable bonds is 2. The van der Waals surface area contributed by atoms with E-state index in [1.54, 1.807) is 0 Å². The van der Waals surface area contributed by atoms with E-state index in [0.717, 1.165) is 11.3 Å². The Morgan fingerprint density at radius 2 is 2.10 bits per heavy atom. The van der Waals surface area contributed by atoms with Crippen LogP contribution in [0, 0.1) is 6.92 Å². The van der Waals surface area contributed by atoms with Crippen molar-refractivity contribution in [3.05, 3.63) is 29.8 Å². The average molecular weight is 139 g/mol. The molecule has 0 radical (unpaired) electrons. The fourth-order valence-electron chi connectivity index (χ4n) is 0.737. The summed E-state index contributed by atoms with van der Waals surface area (Å²) in [6, 6.07) is 7.50. The highest BCUT2D eigenvalue weighted by Gasteiger charge is 1.92. The lowest BCUT2D eigenvalue weighted by Crippen LogP contribution is -1.97. The van der Waals surface area contributed by atoms with Gasteiger partial charge in [0.05, 0.1) is 5.69 Å². The molecular formula is C7H9NO2. The number of para-hydroxylation sites is 1. The summed E-state index contributed by atoms with van der Waals surface area (Å²) >= 11 is 0. The van der Waals surface area contributed by atoms with Crippen LogP contribution in [0.5, 0.6) is 0 Å². The van der Waals surface area contributed by atoms with Gasteiger partial charge in [-0.15, -0.1) is 4.99 Å². The van der Waals surface area contributed by atoms with Crippen LogP contribution < -0.4 is 5.48 Å². The SMILES string of the molecule is Cc1ccccc1NOO. The Kier molecular flexibility index (Phi) is 2.25. The molecule has 0 bridgehead atoms. The predicted octanol–water partition coefficient (Wildman–Crippen LogP) is 1.81. The van der Waals surface area contributed by atoms with Crippen LogP contribution in [0.1, 0.15) is 5.56 Å². The Hall–Kier alpha value is -1.06. The highest BCUT2D eigenvalue weighted by atomic mass is 17.2. The third kappa shape index (κ3) is 1.46. The van der Waals surface area contributed by atoms with Crippen molar-refractivity contribution in [2.75, 3.05) is 5.48 Å². The van der Waals surface area contributed by atoms with Crippen LogP contribution in [0.15, 0.2) is 24.3 Å². The van der Waals surface area contributed by atoms with E-state index in [-0.39, 0.29) is 0 Å². The van der Waals surface area contributed by atoms with Gasteiger partial charge in [0.15, 0.2) is 0 Å². The summed E-state index contributed by atoms with van der Waals surface area (Å²) in [5.41, 5.74) is 4.12. The Morgan fingerprint density at radius 3 is 2.70 bits per heavy atom. The number of nitrogens with one attached hydrogen (secondary N) is 1. The standard InChI is InChI=1S/C7H9NO2/c1-6-4-2-3-5-7(6)8-10-9/h2-5,8-9H,1H3. The normalized spacial score (nSPS) is 9.40. The van der Waals surface area contributed by atoms with E-state index >= 15 is 0 Å². The van der Waals surface area contributed by atoms with Gasteiger partial charge in [0.2, 0.25) is 0 Å². The lowest BCUT2D eigenvalue weighted by atomic mass is 10.2. The molecule has 0 amide bonds. The topological polar surface area (TPSA) is 41.5 Å². The van der Waals surface area contributed by atoms with Crippen LogP contribution in [-0.2, 0) is 4.99 Å². The fourth-order valence-corrected chi connectivity index (χ4v) is 0.737. The summed E-state index contributed by atoms with van der Waals surface area (Å²) in [6.07, 6.45) is 0. The van der Waals surface area contributed by atoms with Gasteiger partial charge >= 0.3 is 0 Å². The number of aryl methyl sites for hydroxylation is 1. The minimum absolute atomic E-state index is 0.769. The third-order valence-electron chi connectivity index (χ3n) is 1.30.